The Labute approximate surface area is 115 Å². The normalized spacial score (nSPS) is 20.5. The second kappa shape index (κ2) is 6.15. The lowest BCUT2D eigenvalue weighted by atomic mass is 10.1. The minimum Gasteiger partial charge on any atom is -0.491 e. The van der Waals surface area contributed by atoms with Crippen LogP contribution in [0, 0.1) is 0 Å². The van der Waals surface area contributed by atoms with Crippen molar-refractivity contribution in [3.05, 3.63) is 18.2 Å². The molecule has 3 N–H and O–H groups in total. The van der Waals surface area contributed by atoms with Crippen molar-refractivity contribution in [2.24, 2.45) is 0 Å². The molecule has 1 fully saturated rings. The Morgan fingerprint density at radius 2 is 2.16 bits per heavy atom. The van der Waals surface area contributed by atoms with Crippen LogP contribution in [0.4, 0.5) is 11.4 Å². The molecule has 0 saturated carbocycles. The highest BCUT2D eigenvalue weighted by Crippen LogP contribution is 2.25. The molecule has 4 heteroatoms. The van der Waals surface area contributed by atoms with Crippen molar-refractivity contribution in [2.75, 3.05) is 31.2 Å². The van der Waals surface area contributed by atoms with Gasteiger partial charge in [0.15, 0.2) is 0 Å². The zero-order valence-corrected chi connectivity index (χ0v) is 12.1. The summed E-state index contributed by atoms with van der Waals surface area (Å²) in [6.45, 7) is 6.31. The number of nitrogen functional groups attached to an aromatic ring is 1. The third-order valence-electron chi connectivity index (χ3n) is 3.30. The maximum atomic E-state index is 5.94. The first kappa shape index (κ1) is 14.0. The van der Waals surface area contributed by atoms with Gasteiger partial charge in [-0.15, -0.1) is 0 Å². The number of benzene rings is 1. The lowest BCUT2D eigenvalue weighted by Gasteiger charge is -2.31. The zero-order valence-electron chi connectivity index (χ0n) is 12.1. The van der Waals surface area contributed by atoms with Crippen LogP contribution in [0.15, 0.2) is 18.2 Å². The molecule has 106 valence electrons. The fourth-order valence-corrected chi connectivity index (χ4v) is 2.57. The summed E-state index contributed by atoms with van der Waals surface area (Å²) in [6.07, 6.45) is 2.61. The first-order chi connectivity index (χ1) is 9.02. The molecule has 4 nitrogen and oxygen atoms in total. The van der Waals surface area contributed by atoms with E-state index in [9.17, 15) is 0 Å². The van der Waals surface area contributed by atoms with Gasteiger partial charge in [0.05, 0.1) is 6.10 Å². The van der Waals surface area contributed by atoms with Gasteiger partial charge in [-0.25, -0.2) is 0 Å². The summed E-state index contributed by atoms with van der Waals surface area (Å²) >= 11 is 0. The third kappa shape index (κ3) is 4.31. The van der Waals surface area contributed by atoms with Crippen LogP contribution in [0.3, 0.4) is 0 Å². The number of anilines is 2. The van der Waals surface area contributed by atoms with E-state index < -0.39 is 0 Å². The molecule has 19 heavy (non-hydrogen) atoms. The molecule has 0 amide bonds. The number of hydrogen-bond donors (Lipinski definition) is 2. The standard InChI is InChI=1S/C15H25N3O/c1-11(2)19-15-8-12(16)7-14(9-15)17-13-5-4-6-18(3)10-13/h7-9,11,13,17H,4-6,10,16H2,1-3H3. The molecule has 1 atom stereocenters. The highest BCUT2D eigenvalue weighted by molar-refractivity contribution is 5.59. The van der Waals surface area contributed by atoms with E-state index in [-0.39, 0.29) is 6.10 Å². The number of nitrogens with zero attached hydrogens (tertiary/aromatic N) is 1. The van der Waals surface area contributed by atoms with E-state index in [1.54, 1.807) is 0 Å². The Balaban J connectivity index is 2.04. The molecule has 0 aromatic heterocycles. The van der Waals surface area contributed by atoms with Gasteiger partial charge < -0.3 is 20.7 Å². The Kier molecular flexibility index (Phi) is 4.53. The summed E-state index contributed by atoms with van der Waals surface area (Å²) in [7, 11) is 2.17. The monoisotopic (exact) mass is 263 g/mol. The Hall–Kier alpha value is -1.42. The van der Waals surface area contributed by atoms with Gasteiger partial charge in [-0.2, -0.15) is 0 Å². The van der Waals surface area contributed by atoms with Crippen molar-refractivity contribution in [1.29, 1.82) is 0 Å². The molecule has 1 heterocycles. The predicted octanol–water partition coefficient (Wildman–Crippen LogP) is 2.56. The molecule has 1 saturated heterocycles. The second-order valence-electron chi connectivity index (χ2n) is 5.70. The molecule has 1 aromatic rings. The van der Waals surface area contributed by atoms with Gasteiger partial charge in [0.2, 0.25) is 0 Å². The molecule has 0 bridgehead atoms. The molecule has 1 aliphatic heterocycles. The van der Waals surface area contributed by atoms with Gasteiger partial charge in [-0.05, 0) is 46.3 Å². The van der Waals surface area contributed by atoms with Crippen LogP contribution in [0.2, 0.25) is 0 Å². The maximum Gasteiger partial charge on any atom is 0.123 e. The molecular formula is C15H25N3O. The summed E-state index contributed by atoms with van der Waals surface area (Å²) in [5.41, 5.74) is 7.73. The molecule has 1 aliphatic rings. The van der Waals surface area contributed by atoms with Gasteiger partial charge >= 0.3 is 0 Å². The van der Waals surface area contributed by atoms with Crippen LogP contribution in [-0.4, -0.2) is 37.2 Å². The van der Waals surface area contributed by atoms with Gasteiger partial charge in [-0.1, -0.05) is 0 Å². The van der Waals surface area contributed by atoms with Crippen LogP contribution in [0.1, 0.15) is 26.7 Å². The van der Waals surface area contributed by atoms with Crippen LogP contribution in [-0.2, 0) is 0 Å². The first-order valence-corrected chi connectivity index (χ1v) is 7.05. The minimum absolute atomic E-state index is 0.162. The molecule has 2 rings (SSSR count). The lowest BCUT2D eigenvalue weighted by molar-refractivity contribution is 0.242. The number of hydrogen-bond acceptors (Lipinski definition) is 4. The zero-order chi connectivity index (χ0) is 13.8. The maximum absolute atomic E-state index is 5.94. The summed E-state index contributed by atoms with van der Waals surface area (Å²) in [6, 6.07) is 6.37. The first-order valence-electron chi connectivity index (χ1n) is 7.05. The number of ether oxygens (including phenoxy) is 1. The van der Waals surface area contributed by atoms with Crippen LogP contribution in [0.25, 0.3) is 0 Å². The molecule has 0 spiro atoms. The number of likely N-dealkylation sites (tertiary alicyclic amines) is 1. The Morgan fingerprint density at radius 1 is 1.37 bits per heavy atom. The smallest absolute Gasteiger partial charge is 0.123 e. The van der Waals surface area contributed by atoms with E-state index in [2.05, 4.69) is 17.3 Å². The van der Waals surface area contributed by atoms with Crippen molar-refractivity contribution in [3.8, 4) is 5.75 Å². The van der Waals surface area contributed by atoms with E-state index in [0.717, 1.165) is 23.7 Å². The number of likely N-dealkylation sites (N-methyl/N-ethyl adjacent to an activating group) is 1. The topological polar surface area (TPSA) is 50.5 Å². The van der Waals surface area contributed by atoms with Crippen LogP contribution in [0.5, 0.6) is 5.75 Å². The van der Waals surface area contributed by atoms with Crippen molar-refractivity contribution in [3.63, 3.8) is 0 Å². The van der Waals surface area contributed by atoms with Crippen molar-refractivity contribution in [2.45, 2.75) is 38.8 Å². The summed E-state index contributed by atoms with van der Waals surface area (Å²) in [4.78, 5) is 2.36. The number of nitrogens with one attached hydrogen (secondary N) is 1. The van der Waals surface area contributed by atoms with Gasteiger partial charge in [0.1, 0.15) is 5.75 Å². The predicted molar refractivity (Wildman–Crippen MR) is 80.8 cm³/mol. The largest absolute Gasteiger partial charge is 0.491 e. The third-order valence-corrected chi connectivity index (χ3v) is 3.30. The SMILES string of the molecule is CC(C)Oc1cc(N)cc(NC2CCCN(C)C2)c1. The molecule has 1 aromatic carbocycles. The van der Waals surface area contributed by atoms with E-state index in [0.29, 0.717) is 6.04 Å². The van der Waals surface area contributed by atoms with Gasteiger partial charge in [-0.3, -0.25) is 0 Å². The van der Waals surface area contributed by atoms with Crippen LogP contribution < -0.4 is 15.8 Å². The second-order valence-corrected chi connectivity index (χ2v) is 5.70. The highest BCUT2D eigenvalue weighted by atomic mass is 16.5. The summed E-state index contributed by atoms with van der Waals surface area (Å²) in [5.74, 6) is 0.835. The Morgan fingerprint density at radius 3 is 2.84 bits per heavy atom. The lowest BCUT2D eigenvalue weighted by Crippen LogP contribution is -2.39. The Bertz CT molecular complexity index is 420. The number of nitrogens with two attached hydrogens (primary N) is 1. The quantitative estimate of drug-likeness (QED) is 0.820. The molecular weight excluding hydrogens is 238 g/mol. The summed E-state index contributed by atoms with van der Waals surface area (Å²) < 4.78 is 5.72. The average molecular weight is 263 g/mol. The van der Waals surface area contributed by atoms with E-state index >= 15 is 0 Å². The van der Waals surface area contributed by atoms with Crippen molar-refractivity contribution < 1.29 is 4.74 Å². The summed E-state index contributed by atoms with van der Waals surface area (Å²) in [5, 5.41) is 3.56. The number of rotatable bonds is 4. The van der Waals surface area contributed by atoms with E-state index in [4.69, 9.17) is 10.5 Å². The minimum atomic E-state index is 0.162. The highest BCUT2D eigenvalue weighted by Gasteiger charge is 2.17. The fraction of sp³-hybridized carbons (Fsp3) is 0.600. The molecule has 1 unspecified atom stereocenters. The van der Waals surface area contributed by atoms with Gasteiger partial charge in [0, 0.05) is 36.1 Å². The van der Waals surface area contributed by atoms with Crippen LogP contribution >= 0.6 is 0 Å². The van der Waals surface area contributed by atoms with E-state index in [1.807, 2.05) is 32.0 Å². The average Bonchev–Trinajstić information content (AvgIpc) is 2.26. The number of piperidine rings is 1. The molecule has 0 aliphatic carbocycles. The fourth-order valence-electron chi connectivity index (χ4n) is 2.57. The van der Waals surface area contributed by atoms with Crippen molar-refractivity contribution >= 4 is 11.4 Å². The molecule has 0 radical (unpaired) electrons. The van der Waals surface area contributed by atoms with E-state index in [1.165, 1.54) is 19.4 Å². The van der Waals surface area contributed by atoms with Gasteiger partial charge in [0.25, 0.3) is 0 Å². The van der Waals surface area contributed by atoms with Crippen molar-refractivity contribution in [1.82, 2.24) is 4.90 Å².